The maximum absolute atomic E-state index is 12.1. The lowest BCUT2D eigenvalue weighted by atomic mass is 9.92. The molecule has 0 saturated carbocycles. The fourth-order valence-electron chi connectivity index (χ4n) is 2.48. The van der Waals surface area contributed by atoms with E-state index in [0.717, 1.165) is 20.8 Å². The van der Waals surface area contributed by atoms with Crippen molar-refractivity contribution in [3.8, 4) is 0 Å². The van der Waals surface area contributed by atoms with Crippen LogP contribution in [-0.2, 0) is 38.1 Å². The number of alkyl halides is 3. The van der Waals surface area contributed by atoms with Gasteiger partial charge in [-0.2, -0.15) is 0 Å². The van der Waals surface area contributed by atoms with Crippen molar-refractivity contribution in [2.45, 2.75) is 54.9 Å². The van der Waals surface area contributed by atoms with Gasteiger partial charge in [0.1, 0.15) is 12.7 Å². The molecule has 3 N–H and O–H groups in total. The van der Waals surface area contributed by atoms with Crippen LogP contribution in [0.3, 0.4) is 0 Å². The molecule has 5 atom stereocenters. The van der Waals surface area contributed by atoms with Crippen LogP contribution in [0.4, 0.5) is 4.79 Å². The molecule has 12 nitrogen and oxygen atoms in total. The molecule has 1 amide bonds. The smallest absolute Gasteiger partial charge is 0.409 e. The summed E-state index contributed by atoms with van der Waals surface area (Å²) in [7, 11) is 0. The number of carbonyl (C=O) groups is 4. The number of alkyl carbamates (subject to hydrolysis) is 1. The second kappa shape index (κ2) is 10.6. The lowest BCUT2D eigenvalue weighted by Gasteiger charge is -2.48. The van der Waals surface area contributed by atoms with E-state index in [9.17, 15) is 29.4 Å². The van der Waals surface area contributed by atoms with Gasteiger partial charge in [0.15, 0.2) is 12.2 Å². The topological polar surface area (TPSA) is 167 Å². The highest BCUT2D eigenvalue weighted by molar-refractivity contribution is 6.67. The van der Waals surface area contributed by atoms with E-state index in [4.69, 9.17) is 53.8 Å². The van der Waals surface area contributed by atoms with Gasteiger partial charge in [0.05, 0.1) is 6.61 Å². The number of halogens is 3. The van der Waals surface area contributed by atoms with Gasteiger partial charge in [-0.05, 0) is 0 Å². The number of hydrogen-bond donors (Lipinski definition) is 3. The fraction of sp³-hybridized carbons (Fsp3) is 0.733. The van der Waals surface area contributed by atoms with Gasteiger partial charge < -0.3 is 33.9 Å². The molecule has 30 heavy (non-hydrogen) atoms. The molecule has 1 rings (SSSR count). The van der Waals surface area contributed by atoms with Gasteiger partial charge in [0, 0.05) is 20.8 Å². The molecule has 0 aromatic rings. The molecule has 1 heterocycles. The predicted octanol–water partition coefficient (Wildman–Crippen LogP) is -0.0849. The summed E-state index contributed by atoms with van der Waals surface area (Å²) in [6.07, 6.45) is -8.37. The summed E-state index contributed by atoms with van der Waals surface area (Å²) in [6.45, 7) is 1.36. The third-order valence-electron chi connectivity index (χ3n) is 3.47. The standard InChI is InChI=1S/C15H20Cl3NO11/c1-6(21)27-10-9(4-20)30-12(29-8(3)23)15(25,11(10)28-7(2)22)19-13(24)26-5-14(16,17)18/h9-12,20,25H,4-5H2,1-3H3,(H,19,24)/t9-,10-,11+,12-,15-/m1/s1. The Hall–Kier alpha value is -1.57. The first-order valence-electron chi connectivity index (χ1n) is 8.21. The van der Waals surface area contributed by atoms with Crippen molar-refractivity contribution in [2.24, 2.45) is 0 Å². The fourth-order valence-corrected chi connectivity index (χ4v) is 2.64. The third kappa shape index (κ3) is 7.60. The highest BCUT2D eigenvalue weighted by atomic mass is 35.6. The number of aliphatic hydroxyl groups excluding tert-OH is 1. The Morgan fingerprint density at radius 2 is 1.57 bits per heavy atom. The second-order valence-electron chi connectivity index (χ2n) is 6.04. The van der Waals surface area contributed by atoms with E-state index >= 15 is 0 Å². The van der Waals surface area contributed by atoms with Gasteiger partial charge in [-0.25, -0.2) is 4.79 Å². The highest BCUT2D eigenvalue weighted by Crippen LogP contribution is 2.34. The highest BCUT2D eigenvalue weighted by Gasteiger charge is 2.62. The first kappa shape index (κ1) is 26.5. The summed E-state index contributed by atoms with van der Waals surface area (Å²) in [6, 6.07) is 0. The zero-order chi connectivity index (χ0) is 23.3. The van der Waals surface area contributed by atoms with Crippen LogP contribution in [-0.4, -0.2) is 81.5 Å². The minimum atomic E-state index is -2.84. The van der Waals surface area contributed by atoms with Crippen LogP contribution in [0.25, 0.3) is 0 Å². The van der Waals surface area contributed by atoms with Gasteiger partial charge in [-0.3, -0.25) is 19.7 Å². The number of hydrogen-bond acceptors (Lipinski definition) is 11. The minimum absolute atomic E-state index is 0.746. The molecule has 0 spiro atoms. The number of aliphatic hydroxyl groups is 2. The van der Waals surface area contributed by atoms with E-state index < -0.39 is 71.3 Å². The lowest BCUT2D eigenvalue weighted by molar-refractivity contribution is -0.339. The molecule has 0 bridgehead atoms. The molecule has 1 aliphatic heterocycles. The normalized spacial score (nSPS) is 28.8. The van der Waals surface area contributed by atoms with E-state index in [1.165, 1.54) is 0 Å². The maximum Gasteiger partial charge on any atom is 0.409 e. The third-order valence-corrected chi connectivity index (χ3v) is 3.80. The van der Waals surface area contributed by atoms with Crippen molar-refractivity contribution in [3.05, 3.63) is 0 Å². The van der Waals surface area contributed by atoms with Crippen LogP contribution in [0, 0.1) is 0 Å². The molecule has 1 saturated heterocycles. The van der Waals surface area contributed by atoms with Gasteiger partial charge >= 0.3 is 24.0 Å². The molecule has 1 fully saturated rings. The Balaban J connectivity index is 3.35. The van der Waals surface area contributed by atoms with Crippen molar-refractivity contribution in [2.75, 3.05) is 13.2 Å². The number of nitrogens with one attached hydrogen (secondary N) is 1. The number of rotatable bonds is 6. The molecule has 1 aliphatic rings. The van der Waals surface area contributed by atoms with Crippen LogP contribution < -0.4 is 5.32 Å². The van der Waals surface area contributed by atoms with E-state index in [1.54, 1.807) is 0 Å². The monoisotopic (exact) mass is 495 g/mol. The molecular formula is C15H20Cl3NO11. The molecular weight excluding hydrogens is 477 g/mol. The predicted molar refractivity (Wildman–Crippen MR) is 98.3 cm³/mol. The molecule has 0 aromatic heterocycles. The number of esters is 3. The summed E-state index contributed by atoms with van der Waals surface area (Å²) in [5.74, 6) is -2.85. The van der Waals surface area contributed by atoms with Crippen LogP contribution in [0.15, 0.2) is 0 Å². The van der Waals surface area contributed by atoms with Crippen LogP contribution in [0.1, 0.15) is 20.8 Å². The van der Waals surface area contributed by atoms with Crippen molar-refractivity contribution in [1.82, 2.24) is 5.32 Å². The van der Waals surface area contributed by atoms with Crippen molar-refractivity contribution >= 4 is 58.8 Å². The van der Waals surface area contributed by atoms with E-state index in [-0.39, 0.29) is 0 Å². The van der Waals surface area contributed by atoms with Crippen molar-refractivity contribution in [1.29, 1.82) is 0 Å². The van der Waals surface area contributed by atoms with Crippen LogP contribution in [0.5, 0.6) is 0 Å². The Kier molecular flexibility index (Phi) is 9.39. The Morgan fingerprint density at radius 3 is 2.00 bits per heavy atom. The number of ether oxygens (including phenoxy) is 5. The lowest BCUT2D eigenvalue weighted by Crippen LogP contribution is -2.75. The summed E-state index contributed by atoms with van der Waals surface area (Å²) < 4.78 is 22.8. The Bertz CT molecular complexity index is 671. The second-order valence-corrected chi connectivity index (χ2v) is 8.56. The van der Waals surface area contributed by atoms with Gasteiger partial charge in [-0.1, -0.05) is 34.8 Å². The number of amides is 1. The van der Waals surface area contributed by atoms with Crippen LogP contribution >= 0.6 is 34.8 Å². The molecule has 0 aliphatic carbocycles. The average molecular weight is 497 g/mol. The summed E-state index contributed by atoms with van der Waals surface area (Å²) in [5.41, 5.74) is -2.84. The molecule has 0 radical (unpaired) electrons. The first-order valence-corrected chi connectivity index (χ1v) is 9.35. The largest absolute Gasteiger partial charge is 0.455 e. The minimum Gasteiger partial charge on any atom is -0.455 e. The number of carbonyl (C=O) groups excluding carboxylic acids is 4. The Labute approximate surface area is 185 Å². The van der Waals surface area contributed by atoms with Crippen molar-refractivity contribution in [3.63, 3.8) is 0 Å². The summed E-state index contributed by atoms with van der Waals surface area (Å²) >= 11 is 16.4. The summed E-state index contributed by atoms with van der Waals surface area (Å²) in [4.78, 5) is 46.7. The van der Waals surface area contributed by atoms with E-state index in [0.29, 0.717) is 0 Å². The maximum atomic E-state index is 12.1. The summed E-state index contributed by atoms with van der Waals surface area (Å²) in [5, 5.41) is 22.6. The SMILES string of the molecule is CC(=O)O[C@@H]1[C@@H](CO)O[C@@H](OC(C)=O)[C@@](O)(NC(=O)OCC(Cl)(Cl)Cl)[C@H]1OC(C)=O. The van der Waals surface area contributed by atoms with Gasteiger partial charge in [0.2, 0.25) is 9.52 Å². The van der Waals surface area contributed by atoms with E-state index in [1.807, 2.05) is 5.32 Å². The quantitative estimate of drug-likeness (QED) is 0.195. The first-order chi connectivity index (χ1) is 13.7. The molecule has 172 valence electrons. The zero-order valence-corrected chi connectivity index (χ0v) is 18.2. The van der Waals surface area contributed by atoms with E-state index in [2.05, 4.69) is 4.74 Å². The molecule has 0 unspecified atom stereocenters. The molecule has 15 heteroatoms. The zero-order valence-electron chi connectivity index (χ0n) is 15.9. The van der Waals surface area contributed by atoms with Gasteiger partial charge in [0.25, 0.3) is 6.29 Å². The average Bonchev–Trinajstić information content (AvgIpc) is 2.57. The van der Waals surface area contributed by atoms with Crippen molar-refractivity contribution < 1.29 is 53.1 Å². The van der Waals surface area contributed by atoms with Gasteiger partial charge in [-0.15, -0.1) is 0 Å². The molecule has 0 aromatic carbocycles. The van der Waals surface area contributed by atoms with Crippen LogP contribution in [0.2, 0.25) is 0 Å². The Morgan fingerprint density at radius 1 is 1.03 bits per heavy atom.